The van der Waals surface area contributed by atoms with Crippen LogP contribution in [0.15, 0.2) is 10.7 Å². The van der Waals surface area contributed by atoms with Crippen LogP contribution >= 0.6 is 15.9 Å². The number of rotatable bonds is 6. The quantitative estimate of drug-likeness (QED) is 0.872. The van der Waals surface area contributed by atoms with Gasteiger partial charge in [0.15, 0.2) is 0 Å². The van der Waals surface area contributed by atoms with Gasteiger partial charge in [0.05, 0.1) is 23.0 Å². The van der Waals surface area contributed by atoms with Gasteiger partial charge in [0, 0.05) is 6.54 Å². The van der Waals surface area contributed by atoms with Crippen molar-refractivity contribution in [3.63, 3.8) is 0 Å². The molecular formula is C10H14BrF3N2O2. The molecule has 1 heterocycles. The lowest BCUT2D eigenvalue weighted by molar-refractivity contribution is -0.179. The van der Waals surface area contributed by atoms with Gasteiger partial charge in [0.25, 0.3) is 0 Å². The Kier molecular flexibility index (Phi) is 5.61. The van der Waals surface area contributed by atoms with Crippen LogP contribution in [0.2, 0.25) is 0 Å². The van der Waals surface area contributed by atoms with Crippen molar-refractivity contribution < 1.29 is 23.0 Å². The topological polar surface area (TPSA) is 47.3 Å². The van der Waals surface area contributed by atoms with E-state index in [2.05, 4.69) is 25.8 Å². The van der Waals surface area contributed by atoms with Gasteiger partial charge in [-0.15, -0.1) is 0 Å². The number of aliphatic hydroxyl groups is 1. The summed E-state index contributed by atoms with van der Waals surface area (Å²) >= 11 is 3.20. The first-order valence-corrected chi connectivity index (χ1v) is 6.18. The summed E-state index contributed by atoms with van der Waals surface area (Å²) in [7, 11) is 0. The number of aliphatic hydroxyl groups excluding tert-OH is 1. The lowest BCUT2D eigenvalue weighted by atomic mass is 10.2. The third kappa shape index (κ3) is 4.58. The second-order valence-corrected chi connectivity index (χ2v) is 4.60. The molecule has 1 rings (SSSR count). The predicted octanol–water partition coefficient (Wildman–Crippen LogP) is 2.67. The van der Waals surface area contributed by atoms with Crippen LogP contribution in [0.4, 0.5) is 13.2 Å². The van der Waals surface area contributed by atoms with Crippen LogP contribution in [0.25, 0.3) is 0 Å². The maximum Gasteiger partial charge on any atom is 0.411 e. The fourth-order valence-electron chi connectivity index (χ4n) is 1.46. The third-order valence-corrected chi connectivity index (χ3v) is 2.74. The van der Waals surface area contributed by atoms with Crippen LogP contribution < -0.4 is 0 Å². The van der Waals surface area contributed by atoms with Crippen molar-refractivity contribution in [1.29, 1.82) is 0 Å². The van der Waals surface area contributed by atoms with Crippen molar-refractivity contribution in [2.24, 2.45) is 0 Å². The van der Waals surface area contributed by atoms with Crippen LogP contribution in [0.5, 0.6) is 0 Å². The normalized spacial score (nSPS) is 13.9. The van der Waals surface area contributed by atoms with Gasteiger partial charge < -0.3 is 9.84 Å². The third-order valence-electron chi connectivity index (χ3n) is 2.13. The number of hydrogen-bond donors (Lipinski definition) is 1. The summed E-state index contributed by atoms with van der Waals surface area (Å²) in [5.41, 5.74) is 0.430. The minimum atomic E-state index is -4.39. The summed E-state index contributed by atoms with van der Waals surface area (Å²) in [5.74, 6) is 0. The first-order chi connectivity index (χ1) is 8.35. The summed E-state index contributed by atoms with van der Waals surface area (Å²) < 4.78 is 42.2. The molecule has 0 spiro atoms. The standard InChI is InChI=1S/C10H14BrF3N2O2/c1-2-3-16-9(7(11)4-15-16)8(17)5-18-6-10(12,13)14/h4,8,17H,2-3,5-6H2,1H3. The van der Waals surface area contributed by atoms with E-state index in [1.54, 1.807) is 4.68 Å². The average Bonchev–Trinajstić information content (AvgIpc) is 2.58. The van der Waals surface area contributed by atoms with E-state index in [-0.39, 0.29) is 0 Å². The van der Waals surface area contributed by atoms with Crippen molar-refractivity contribution >= 4 is 15.9 Å². The minimum absolute atomic E-state index is 0.423. The molecule has 0 aromatic carbocycles. The number of halogens is 4. The molecule has 0 radical (unpaired) electrons. The van der Waals surface area contributed by atoms with Crippen molar-refractivity contribution in [3.8, 4) is 0 Å². The van der Waals surface area contributed by atoms with Gasteiger partial charge >= 0.3 is 6.18 Å². The Morgan fingerprint density at radius 3 is 2.78 bits per heavy atom. The highest BCUT2D eigenvalue weighted by Gasteiger charge is 2.28. The number of aromatic nitrogens is 2. The fraction of sp³-hybridized carbons (Fsp3) is 0.700. The highest BCUT2D eigenvalue weighted by molar-refractivity contribution is 9.10. The van der Waals surface area contributed by atoms with Crippen LogP contribution in [-0.4, -0.2) is 34.3 Å². The number of alkyl halides is 3. The molecule has 1 aromatic heterocycles. The molecule has 104 valence electrons. The monoisotopic (exact) mass is 330 g/mol. The number of nitrogens with zero attached hydrogens (tertiary/aromatic N) is 2. The van der Waals surface area contributed by atoms with Crippen molar-refractivity contribution in [1.82, 2.24) is 9.78 Å². The van der Waals surface area contributed by atoms with Gasteiger partial charge in [-0.25, -0.2) is 0 Å². The van der Waals surface area contributed by atoms with E-state index in [0.29, 0.717) is 16.7 Å². The second kappa shape index (κ2) is 6.53. The average molecular weight is 331 g/mol. The number of aryl methyl sites for hydroxylation is 1. The Labute approximate surface area is 111 Å². The van der Waals surface area contributed by atoms with Gasteiger partial charge in [-0.1, -0.05) is 6.92 Å². The molecule has 0 aliphatic rings. The molecule has 1 atom stereocenters. The zero-order chi connectivity index (χ0) is 13.8. The molecule has 4 nitrogen and oxygen atoms in total. The largest absolute Gasteiger partial charge is 0.411 e. The van der Waals surface area contributed by atoms with Crippen molar-refractivity contribution in [3.05, 3.63) is 16.4 Å². The predicted molar refractivity (Wildman–Crippen MR) is 62.1 cm³/mol. The summed E-state index contributed by atoms with van der Waals surface area (Å²) in [5, 5.41) is 13.8. The highest BCUT2D eigenvalue weighted by Crippen LogP contribution is 2.24. The zero-order valence-corrected chi connectivity index (χ0v) is 11.3. The molecule has 0 bridgehead atoms. The lowest BCUT2D eigenvalue weighted by Crippen LogP contribution is -2.21. The maximum atomic E-state index is 11.9. The lowest BCUT2D eigenvalue weighted by Gasteiger charge is -2.15. The fourth-order valence-corrected chi connectivity index (χ4v) is 2.02. The summed E-state index contributed by atoms with van der Waals surface area (Å²) in [6.45, 7) is 0.722. The maximum absolute atomic E-state index is 11.9. The Balaban J connectivity index is 2.60. The molecule has 18 heavy (non-hydrogen) atoms. The first kappa shape index (κ1) is 15.5. The van der Waals surface area contributed by atoms with E-state index in [9.17, 15) is 18.3 Å². The van der Waals surface area contributed by atoms with Crippen LogP contribution in [0.3, 0.4) is 0 Å². The smallest absolute Gasteiger partial charge is 0.384 e. The van der Waals surface area contributed by atoms with Crippen molar-refractivity contribution in [2.75, 3.05) is 13.2 Å². The van der Waals surface area contributed by atoms with Crippen LogP contribution in [0, 0.1) is 0 Å². The number of ether oxygens (including phenoxy) is 1. The molecule has 0 amide bonds. The van der Waals surface area contributed by atoms with Crippen LogP contribution in [-0.2, 0) is 11.3 Å². The minimum Gasteiger partial charge on any atom is -0.384 e. The highest BCUT2D eigenvalue weighted by atomic mass is 79.9. The summed E-state index contributed by atoms with van der Waals surface area (Å²) in [4.78, 5) is 0. The van der Waals surface area contributed by atoms with Gasteiger partial charge in [-0.05, 0) is 22.4 Å². The Morgan fingerprint density at radius 1 is 1.56 bits per heavy atom. The van der Waals surface area contributed by atoms with E-state index in [1.807, 2.05) is 6.92 Å². The van der Waals surface area contributed by atoms with Crippen molar-refractivity contribution in [2.45, 2.75) is 32.2 Å². The molecule has 1 aromatic rings. The zero-order valence-electron chi connectivity index (χ0n) is 9.74. The molecule has 8 heteroatoms. The van der Waals surface area contributed by atoms with Gasteiger partial charge in [0.1, 0.15) is 12.7 Å². The Morgan fingerprint density at radius 2 is 2.22 bits per heavy atom. The van der Waals surface area contributed by atoms with Gasteiger partial charge in [-0.3, -0.25) is 4.68 Å². The molecule has 0 saturated carbocycles. The first-order valence-electron chi connectivity index (χ1n) is 5.39. The summed E-state index contributed by atoms with van der Waals surface area (Å²) in [6.07, 6.45) is -3.23. The van der Waals surface area contributed by atoms with E-state index in [1.165, 1.54) is 6.20 Å². The van der Waals surface area contributed by atoms with Crippen LogP contribution in [0.1, 0.15) is 25.1 Å². The van der Waals surface area contributed by atoms with E-state index < -0.39 is 25.5 Å². The molecule has 1 N–H and O–H groups in total. The van der Waals surface area contributed by atoms with E-state index >= 15 is 0 Å². The molecule has 0 aliphatic heterocycles. The number of hydrogen-bond acceptors (Lipinski definition) is 3. The molecule has 0 aliphatic carbocycles. The van der Waals surface area contributed by atoms with Gasteiger partial charge in [0.2, 0.25) is 0 Å². The molecular weight excluding hydrogens is 317 g/mol. The SMILES string of the molecule is CCCn1ncc(Br)c1C(O)COCC(F)(F)F. The van der Waals surface area contributed by atoms with E-state index in [4.69, 9.17) is 0 Å². The Bertz CT molecular complexity index is 382. The Hall–Kier alpha value is -0.600. The molecule has 0 saturated heterocycles. The second-order valence-electron chi connectivity index (χ2n) is 3.75. The summed E-state index contributed by atoms with van der Waals surface area (Å²) in [6, 6.07) is 0. The van der Waals surface area contributed by atoms with E-state index in [0.717, 1.165) is 6.42 Å². The molecule has 0 fully saturated rings. The van der Waals surface area contributed by atoms with Gasteiger partial charge in [-0.2, -0.15) is 18.3 Å². The molecule has 1 unspecified atom stereocenters.